The molecule has 1 fully saturated rings. The molecule has 0 aliphatic carbocycles. The van der Waals surface area contributed by atoms with Gasteiger partial charge in [0.25, 0.3) is 0 Å². The lowest BCUT2D eigenvalue weighted by molar-refractivity contribution is 0.522. The van der Waals surface area contributed by atoms with Crippen molar-refractivity contribution in [3.05, 3.63) is 47.8 Å². The van der Waals surface area contributed by atoms with Crippen LogP contribution in [0.15, 0.2) is 30.6 Å². The van der Waals surface area contributed by atoms with Gasteiger partial charge in [-0.1, -0.05) is 12.1 Å². The van der Waals surface area contributed by atoms with Crippen molar-refractivity contribution < 1.29 is 4.39 Å². The number of aromatic nitrogens is 5. The Morgan fingerprint density at radius 1 is 1.31 bits per heavy atom. The van der Waals surface area contributed by atoms with Crippen molar-refractivity contribution in [1.82, 2.24) is 24.1 Å². The summed E-state index contributed by atoms with van der Waals surface area (Å²) in [6, 6.07) is 6.87. The van der Waals surface area contributed by atoms with E-state index in [9.17, 15) is 4.39 Å². The third-order valence-corrected chi connectivity index (χ3v) is 5.25. The number of halogens is 1. The Bertz CT molecular complexity index is 869. The number of rotatable bonds is 5. The quantitative estimate of drug-likeness (QED) is 0.741. The highest BCUT2D eigenvalue weighted by Gasteiger charge is 2.22. The van der Waals surface area contributed by atoms with Crippen LogP contribution in [0.1, 0.15) is 24.2 Å². The summed E-state index contributed by atoms with van der Waals surface area (Å²) in [6.45, 7) is 4.30. The minimum atomic E-state index is -0.238. The van der Waals surface area contributed by atoms with E-state index < -0.39 is 0 Å². The summed E-state index contributed by atoms with van der Waals surface area (Å²) in [5, 5.41) is 8.85. The van der Waals surface area contributed by atoms with Crippen LogP contribution in [-0.2, 0) is 6.54 Å². The Balaban J connectivity index is 1.31. The molecule has 4 rings (SSSR count). The van der Waals surface area contributed by atoms with E-state index in [2.05, 4.69) is 29.7 Å². The maximum atomic E-state index is 13.3. The smallest absolute Gasteiger partial charge is 0.242 e. The second-order valence-electron chi connectivity index (χ2n) is 6.43. The molecule has 0 bridgehead atoms. The van der Waals surface area contributed by atoms with Crippen LogP contribution in [0.5, 0.6) is 0 Å². The number of nitrogens with one attached hydrogen (secondary N) is 1. The normalized spacial score (nSPS) is 15.4. The Morgan fingerprint density at radius 3 is 2.88 bits per heavy atom. The molecule has 0 spiro atoms. The molecule has 0 radical (unpaired) electrons. The zero-order chi connectivity index (χ0) is 17.9. The van der Waals surface area contributed by atoms with Crippen molar-refractivity contribution in [3.63, 3.8) is 0 Å². The number of hydrogen-bond acceptors (Lipinski definition) is 7. The molecule has 9 heteroatoms. The first-order chi connectivity index (χ1) is 12.7. The van der Waals surface area contributed by atoms with Gasteiger partial charge in [-0.25, -0.2) is 19.0 Å². The standard InChI is InChI=1S/C17H20FN7S/c1-12-20-17(26-23-12)24-7-5-15(6-8-24)21-16-19-11-25(22-16)10-13-3-2-4-14(18)9-13/h2-4,9,11,15H,5-8,10H2,1H3,(H,21,22). The number of piperidine rings is 1. The minimum Gasteiger partial charge on any atom is -0.350 e. The van der Waals surface area contributed by atoms with Crippen molar-refractivity contribution in [3.8, 4) is 0 Å². The average molecular weight is 373 g/mol. The van der Waals surface area contributed by atoms with Crippen LogP contribution in [0.3, 0.4) is 0 Å². The first-order valence-electron chi connectivity index (χ1n) is 8.61. The predicted octanol–water partition coefficient (Wildman–Crippen LogP) is 2.71. The Hall–Kier alpha value is -2.55. The molecule has 1 saturated heterocycles. The average Bonchev–Trinajstić information content (AvgIpc) is 3.25. The SMILES string of the molecule is Cc1nsc(N2CCC(Nc3ncn(Cc4cccc(F)c4)n3)CC2)n1. The monoisotopic (exact) mass is 373 g/mol. The lowest BCUT2D eigenvalue weighted by Crippen LogP contribution is -2.39. The van der Waals surface area contributed by atoms with E-state index in [0.717, 1.165) is 42.5 Å². The van der Waals surface area contributed by atoms with Gasteiger partial charge in [-0.2, -0.15) is 4.37 Å². The van der Waals surface area contributed by atoms with E-state index in [1.807, 2.05) is 13.0 Å². The van der Waals surface area contributed by atoms with E-state index in [4.69, 9.17) is 0 Å². The van der Waals surface area contributed by atoms with Gasteiger partial charge in [0.2, 0.25) is 11.1 Å². The second kappa shape index (κ2) is 7.36. The van der Waals surface area contributed by atoms with Gasteiger partial charge in [0.1, 0.15) is 18.0 Å². The Morgan fingerprint density at radius 2 is 2.15 bits per heavy atom. The van der Waals surface area contributed by atoms with Crippen LogP contribution >= 0.6 is 11.5 Å². The molecule has 2 aromatic heterocycles. The van der Waals surface area contributed by atoms with E-state index in [1.54, 1.807) is 17.1 Å². The molecule has 1 aromatic carbocycles. The van der Waals surface area contributed by atoms with Crippen LogP contribution in [0.2, 0.25) is 0 Å². The number of nitrogens with zero attached hydrogens (tertiary/aromatic N) is 6. The molecule has 0 amide bonds. The Labute approximate surface area is 155 Å². The summed E-state index contributed by atoms with van der Waals surface area (Å²) < 4.78 is 19.2. The number of hydrogen-bond donors (Lipinski definition) is 1. The molecule has 1 aliphatic heterocycles. The van der Waals surface area contributed by atoms with Gasteiger partial charge < -0.3 is 10.2 Å². The molecule has 1 aliphatic rings. The molecule has 0 unspecified atom stereocenters. The van der Waals surface area contributed by atoms with Crippen LogP contribution in [0.25, 0.3) is 0 Å². The third-order valence-electron chi connectivity index (χ3n) is 4.39. The van der Waals surface area contributed by atoms with Gasteiger partial charge in [0.15, 0.2) is 0 Å². The molecular weight excluding hydrogens is 353 g/mol. The first-order valence-corrected chi connectivity index (χ1v) is 9.39. The van der Waals surface area contributed by atoms with Crippen molar-refractivity contribution in [2.75, 3.05) is 23.3 Å². The highest BCUT2D eigenvalue weighted by molar-refractivity contribution is 7.09. The maximum absolute atomic E-state index is 13.3. The molecule has 3 aromatic rings. The summed E-state index contributed by atoms with van der Waals surface area (Å²) in [7, 11) is 0. The van der Waals surface area contributed by atoms with Gasteiger partial charge in [-0.05, 0) is 37.5 Å². The summed E-state index contributed by atoms with van der Waals surface area (Å²) >= 11 is 1.46. The number of anilines is 2. The van der Waals surface area contributed by atoms with Gasteiger partial charge in [-0.3, -0.25) is 0 Å². The van der Waals surface area contributed by atoms with Gasteiger partial charge in [0.05, 0.1) is 6.54 Å². The summed E-state index contributed by atoms with van der Waals surface area (Å²) in [4.78, 5) is 11.1. The lowest BCUT2D eigenvalue weighted by atomic mass is 10.1. The summed E-state index contributed by atoms with van der Waals surface area (Å²) in [6.07, 6.45) is 3.67. The topological polar surface area (TPSA) is 71.8 Å². The fraction of sp³-hybridized carbons (Fsp3) is 0.412. The molecule has 7 nitrogen and oxygen atoms in total. The Kier molecular flexibility index (Phi) is 4.79. The molecule has 3 heterocycles. The zero-order valence-electron chi connectivity index (χ0n) is 14.5. The van der Waals surface area contributed by atoms with E-state index in [0.29, 0.717) is 18.5 Å². The van der Waals surface area contributed by atoms with Crippen LogP contribution < -0.4 is 10.2 Å². The molecular formula is C17H20FN7S. The minimum absolute atomic E-state index is 0.238. The molecule has 26 heavy (non-hydrogen) atoms. The van der Waals surface area contributed by atoms with E-state index >= 15 is 0 Å². The maximum Gasteiger partial charge on any atom is 0.242 e. The van der Waals surface area contributed by atoms with Crippen LogP contribution in [0.4, 0.5) is 15.5 Å². The lowest BCUT2D eigenvalue weighted by Gasteiger charge is -2.31. The molecule has 0 atom stereocenters. The fourth-order valence-corrected chi connectivity index (χ4v) is 3.80. The summed E-state index contributed by atoms with van der Waals surface area (Å²) in [5.74, 6) is 1.21. The van der Waals surface area contributed by atoms with Gasteiger partial charge in [-0.15, -0.1) is 5.10 Å². The third kappa shape index (κ3) is 3.98. The number of benzene rings is 1. The largest absolute Gasteiger partial charge is 0.350 e. The van der Waals surface area contributed by atoms with Gasteiger partial charge >= 0.3 is 0 Å². The van der Waals surface area contributed by atoms with Crippen molar-refractivity contribution in [2.45, 2.75) is 32.4 Å². The molecule has 1 N–H and O–H groups in total. The molecule has 136 valence electrons. The van der Waals surface area contributed by atoms with E-state index in [1.165, 1.54) is 23.7 Å². The van der Waals surface area contributed by atoms with Gasteiger partial charge in [0, 0.05) is 30.7 Å². The highest BCUT2D eigenvalue weighted by atomic mass is 32.1. The van der Waals surface area contributed by atoms with Crippen LogP contribution in [0, 0.1) is 12.7 Å². The number of aryl methyl sites for hydroxylation is 1. The highest BCUT2D eigenvalue weighted by Crippen LogP contribution is 2.22. The molecule has 0 saturated carbocycles. The zero-order valence-corrected chi connectivity index (χ0v) is 15.3. The fourth-order valence-electron chi connectivity index (χ4n) is 3.07. The predicted molar refractivity (Wildman–Crippen MR) is 99.0 cm³/mol. The second-order valence-corrected chi connectivity index (χ2v) is 7.16. The first kappa shape index (κ1) is 16.9. The van der Waals surface area contributed by atoms with E-state index in [-0.39, 0.29) is 5.82 Å². The van der Waals surface area contributed by atoms with Crippen molar-refractivity contribution in [1.29, 1.82) is 0 Å². The van der Waals surface area contributed by atoms with Crippen molar-refractivity contribution >= 4 is 22.6 Å². The van der Waals surface area contributed by atoms with Crippen molar-refractivity contribution in [2.24, 2.45) is 0 Å². The van der Waals surface area contributed by atoms with Crippen LogP contribution in [-0.4, -0.2) is 43.3 Å². The summed E-state index contributed by atoms with van der Waals surface area (Å²) in [5.41, 5.74) is 0.863.